The van der Waals surface area contributed by atoms with Crippen molar-refractivity contribution >= 4 is 33.4 Å². The number of likely N-dealkylation sites (N-methyl/N-ethyl adjacent to an activating group) is 1. The molecule has 2 aliphatic rings. The lowest BCUT2D eigenvalue weighted by Crippen LogP contribution is -2.55. The van der Waals surface area contributed by atoms with Crippen molar-refractivity contribution in [2.24, 2.45) is 0 Å². The summed E-state index contributed by atoms with van der Waals surface area (Å²) in [4.78, 5) is 34.6. The lowest BCUT2D eigenvalue weighted by molar-refractivity contribution is -0.131. The van der Waals surface area contributed by atoms with Crippen LogP contribution in [0.25, 0.3) is 32.9 Å². The van der Waals surface area contributed by atoms with Crippen molar-refractivity contribution in [2.45, 2.75) is 37.8 Å². The predicted molar refractivity (Wildman–Crippen MR) is 162 cm³/mol. The summed E-state index contributed by atoms with van der Waals surface area (Å²) in [6, 6.07) is 6.10. The minimum atomic E-state index is -2.87. The zero-order chi connectivity index (χ0) is 32.7. The molecule has 2 unspecified atom stereocenters. The molecule has 2 aliphatic heterocycles. The summed E-state index contributed by atoms with van der Waals surface area (Å²) < 4.78 is 64.3. The maximum Gasteiger partial charge on any atom is 0.319 e. The van der Waals surface area contributed by atoms with Crippen LogP contribution in [0.3, 0.4) is 0 Å². The number of pyridine rings is 2. The third-order valence-corrected chi connectivity index (χ3v) is 8.54. The van der Waals surface area contributed by atoms with Gasteiger partial charge in [0.25, 0.3) is 11.8 Å². The summed E-state index contributed by atoms with van der Waals surface area (Å²) in [5.74, 6) is -5.47. The number of nitrogens with zero attached hydrogens (tertiary/aromatic N) is 8. The summed E-state index contributed by atoms with van der Waals surface area (Å²) in [7, 11) is 1.57. The zero-order valence-corrected chi connectivity index (χ0v) is 25.2. The lowest BCUT2D eigenvalue weighted by Gasteiger charge is -2.41. The summed E-state index contributed by atoms with van der Waals surface area (Å²) in [5, 5.41) is 11.2. The number of rotatable bonds is 7. The molecule has 2 saturated heterocycles. The van der Waals surface area contributed by atoms with Crippen molar-refractivity contribution in [3.05, 3.63) is 60.6 Å². The van der Waals surface area contributed by atoms with Gasteiger partial charge in [0.05, 0.1) is 30.5 Å². The molecule has 0 N–H and O–H groups in total. The highest BCUT2D eigenvalue weighted by molar-refractivity contribution is 6.00. The second-order valence-electron chi connectivity index (χ2n) is 11.7. The molecule has 0 saturated carbocycles. The molecule has 14 heteroatoms. The van der Waals surface area contributed by atoms with Gasteiger partial charge in [-0.2, -0.15) is 15.2 Å². The van der Waals surface area contributed by atoms with E-state index in [-0.39, 0.29) is 61.1 Å². The average Bonchev–Trinajstić information content (AvgIpc) is 3.30. The fourth-order valence-electron chi connectivity index (χ4n) is 6.28. The number of alkyl halides is 2. The second-order valence-corrected chi connectivity index (χ2v) is 11.7. The highest BCUT2D eigenvalue weighted by Gasteiger charge is 2.43. The summed E-state index contributed by atoms with van der Waals surface area (Å²) in [6.45, 7) is 4.66. The van der Waals surface area contributed by atoms with Crippen molar-refractivity contribution in [1.82, 2.24) is 29.7 Å². The van der Waals surface area contributed by atoms with Gasteiger partial charge in [0.15, 0.2) is 11.6 Å². The molecule has 0 radical (unpaired) electrons. The Hall–Kier alpha value is -4.90. The van der Waals surface area contributed by atoms with Gasteiger partial charge in [-0.15, -0.1) is 0 Å². The number of anilines is 1. The predicted octanol–water partition coefficient (Wildman–Crippen LogP) is 4.82. The number of likely N-dealkylation sites (tertiary alicyclic amines) is 1. The average molecular weight is 635 g/mol. The highest BCUT2D eigenvalue weighted by atomic mass is 19.3. The molecule has 3 aromatic heterocycles. The van der Waals surface area contributed by atoms with Crippen LogP contribution in [0.5, 0.6) is 6.01 Å². The smallest absolute Gasteiger partial charge is 0.319 e. The summed E-state index contributed by atoms with van der Waals surface area (Å²) in [5.41, 5.74) is 1.24. The number of piperazine rings is 1. The molecule has 5 heterocycles. The Balaban J connectivity index is 1.44. The van der Waals surface area contributed by atoms with Crippen LogP contribution >= 0.6 is 0 Å². The van der Waals surface area contributed by atoms with Crippen LogP contribution < -0.4 is 9.64 Å². The molecule has 6 rings (SSSR count). The zero-order valence-electron chi connectivity index (χ0n) is 25.2. The maximum absolute atomic E-state index is 16.6. The molecule has 1 amide bonds. The van der Waals surface area contributed by atoms with Crippen LogP contribution in [0.15, 0.2) is 49.2 Å². The third-order valence-electron chi connectivity index (χ3n) is 8.54. The quantitative estimate of drug-likeness (QED) is 0.209. The Morgan fingerprint density at radius 1 is 1.20 bits per heavy atom. The molecular weight excluding hydrogens is 604 g/mol. The molecule has 0 aliphatic carbocycles. The third kappa shape index (κ3) is 5.78. The topological polar surface area (TPSA) is 111 Å². The van der Waals surface area contributed by atoms with Gasteiger partial charge in [0, 0.05) is 61.6 Å². The van der Waals surface area contributed by atoms with Crippen LogP contribution in [0, 0.1) is 24.1 Å². The van der Waals surface area contributed by atoms with E-state index in [1.807, 2.05) is 31.2 Å². The first-order chi connectivity index (χ1) is 22.0. The molecule has 2 fully saturated rings. The maximum atomic E-state index is 16.6. The van der Waals surface area contributed by atoms with Crippen molar-refractivity contribution in [1.29, 1.82) is 5.26 Å². The van der Waals surface area contributed by atoms with Crippen LogP contribution in [0.1, 0.15) is 18.4 Å². The molecule has 238 valence electrons. The van der Waals surface area contributed by atoms with Gasteiger partial charge >= 0.3 is 6.01 Å². The number of fused-ring (bicyclic) bond motifs is 2. The second kappa shape index (κ2) is 12.1. The van der Waals surface area contributed by atoms with Crippen LogP contribution in [-0.4, -0.2) is 93.5 Å². The number of carbonyl (C=O) groups excluding carboxylic acids is 1. The number of benzene rings is 1. The first-order valence-corrected chi connectivity index (χ1v) is 14.7. The van der Waals surface area contributed by atoms with Crippen LogP contribution in [0.2, 0.25) is 0 Å². The number of ether oxygens (including phenoxy) is 1. The van der Waals surface area contributed by atoms with Crippen molar-refractivity contribution in [3.8, 4) is 23.3 Å². The van der Waals surface area contributed by atoms with Gasteiger partial charge in [-0.3, -0.25) is 19.7 Å². The molecule has 0 spiro atoms. The van der Waals surface area contributed by atoms with Crippen LogP contribution in [-0.2, 0) is 4.79 Å². The minimum absolute atomic E-state index is 0.00454. The van der Waals surface area contributed by atoms with E-state index in [2.05, 4.69) is 26.5 Å². The number of nitriles is 1. The van der Waals surface area contributed by atoms with E-state index in [1.54, 1.807) is 18.1 Å². The monoisotopic (exact) mass is 634 g/mol. The fraction of sp³-hybridized carbons (Fsp3) is 0.375. The number of hydrogen-bond acceptors (Lipinski definition) is 9. The molecular formula is C32H30F4N8O2. The molecule has 2 atom stereocenters. The van der Waals surface area contributed by atoms with Gasteiger partial charge < -0.3 is 14.5 Å². The Morgan fingerprint density at radius 2 is 2.00 bits per heavy atom. The van der Waals surface area contributed by atoms with Crippen molar-refractivity contribution in [3.63, 3.8) is 0 Å². The molecule has 46 heavy (non-hydrogen) atoms. The van der Waals surface area contributed by atoms with Crippen molar-refractivity contribution in [2.75, 3.05) is 44.7 Å². The lowest BCUT2D eigenvalue weighted by atomic mass is 10.00. The fourth-order valence-corrected chi connectivity index (χ4v) is 6.28. The molecule has 4 aromatic rings. The van der Waals surface area contributed by atoms with E-state index >= 15 is 4.39 Å². The van der Waals surface area contributed by atoms with Gasteiger partial charge in [-0.25, -0.2) is 17.6 Å². The first kappa shape index (κ1) is 31.1. The van der Waals surface area contributed by atoms with E-state index in [9.17, 15) is 23.2 Å². The van der Waals surface area contributed by atoms with E-state index < -0.39 is 48.5 Å². The Morgan fingerprint density at radius 3 is 2.72 bits per heavy atom. The Kier molecular flexibility index (Phi) is 8.20. The van der Waals surface area contributed by atoms with Crippen molar-refractivity contribution < 1.29 is 27.1 Å². The van der Waals surface area contributed by atoms with E-state index in [1.165, 1.54) is 22.2 Å². The number of halogens is 4. The molecule has 0 bridgehead atoms. The number of aryl methyl sites for hydroxylation is 1. The molecule has 10 nitrogen and oxygen atoms in total. The van der Waals surface area contributed by atoms with Gasteiger partial charge in [0.1, 0.15) is 23.6 Å². The van der Waals surface area contributed by atoms with Gasteiger partial charge in [-0.05, 0) is 24.9 Å². The number of hydrogen-bond donors (Lipinski definition) is 0. The standard InChI is InChI=1S/C32H30F4N8O2/c1-18-5-4-6-20-12-38-13-23(25(18)20)27-26(34)28-24(14-39-27)29(41-31(40-28)46-16-22-11-32(35,36)17-42(22)3)43-9-10-44(30(45)19(2)33)21(15-43)7-8-37/h4-6,12-14,21-22H,2,7,9-11,15-17H2,1,3H3. The largest absolute Gasteiger partial charge is 0.462 e. The number of amides is 1. The number of carbonyl (C=O) groups is 1. The van der Waals surface area contributed by atoms with E-state index in [0.717, 1.165) is 16.3 Å². The van der Waals surface area contributed by atoms with Gasteiger partial charge in [0.2, 0.25) is 0 Å². The van der Waals surface area contributed by atoms with Crippen LogP contribution in [0.4, 0.5) is 23.4 Å². The highest BCUT2D eigenvalue weighted by Crippen LogP contribution is 2.37. The SMILES string of the molecule is C=C(F)C(=O)N1CCN(c2nc(OCC3CC(F)(F)CN3C)nc3c(F)c(-c4cncc5cccc(C)c45)ncc23)CC1CC#N. The summed E-state index contributed by atoms with van der Waals surface area (Å²) in [6.07, 6.45) is 4.14. The Bertz CT molecular complexity index is 1890. The van der Waals surface area contributed by atoms with Gasteiger partial charge in [-0.1, -0.05) is 24.8 Å². The normalized spacial score (nSPS) is 19.8. The minimum Gasteiger partial charge on any atom is -0.462 e. The Labute approximate surface area is 261 Å². The van der Waals surface area contributed by atoms with E-state index in [0.29, 0.717) is 5.56 Å². The van der Waals surface area contributed by atoms with E-state index in [4.69, 9.17) is 4.74 Å². The molecule has 1 aromatic carbocycles. The first-order valence-electron chi connectivity index (χ1n) is 14.7. The summed E-state index contributed by atoms with van der Waals surface area (Å²) >= 11 is 0. The number of aromatic nitrogens is 4.